The van der Waals surface area contributed by atoms with Gasteiger partial charge in [0.2, 0.25) is 0 Å². The third-order valence-electron chi connectivity index (χ3n) is 2.34. The van der Waals surface area contributed by atoms with Crippen LogP contribution in [0.3, 0.4) is 0 Å². The van der Waals surface area contributed by atoms with Crippen molar-refractivity contribution < 1.29 is 4.74 Å². The molecule has 0 amide bonds. The van der Waals surface area contributed by atoms with Crippen LogP contribution in [0.15, 0.2) is 36.9 Å². The second kappa shape index (κ2) is 7.04. The van der Waals surface area contributed by atoms with Gasteiger partial charge in [0.25, 0.3) is 0 Å². The smallest absolute Gasteiger partial charge is 0.119 e. The number of hydrogen-bond acceptors (Lipinski definition) is 3. The number of benzene rings is 1. The highest BCUT2D eigenvalue weighted by Crippen LogP contribution is 2.21. The molecular weight excluding hydrogens is 200 g/mol. The summed E-state index contributed by atoms with van der Waals surface area (Å²) >= 11 is 0. The van der Waals surface area contributed by atoms with Crippen LogP contribution in [0.1, 0.15) is 31.4 Å². The Labute approximate surface area is 97.3 Å². The van der Waals surface area contributed by atoms with Crippen LogP contribution in [0, 0.1) is 0 Å². The molecule has 3 N–H and O–H groups in total. The minimum Gasteiger partial charge on any atom is -0.494 e. The van der Waals surface area contributed by atoms with Crippen molar-refractivity contribution in [3.8, 4) is 5.75 Å². The largest absolute Gasteiger partial charge is 0.494 e. The molecule has 1 aromatic carbocycles. The van der Waals surface area contributed by atoms with E-state index >= 15 is 0 Å². The maximum absolute atomic E-state index is 5.57. The lowest BCUT2D eigenvalue weighted by Crippen LogP contribution is -2.27. The van der Waals surface area contributed by atoms with E-state index in [1.165, 1.54) is 0 Å². The molecule has 0 spiro atoms. The summed E-state index contributed by atoms with van der Waals surface area (Å²) in [7, 11) is 0. The second-order valence-electron chi connectivity index (χ2n) is 3.66. The quantitative estimate of drug-likeness (QED) is 0.422. The van der Waals surface area contributed by atoms with E-state index in [1.807, 2.05) is 30.3 Å². The minimum atomic E-state index is 0.0997. The van der Waals surface area contributed by atoms with Crippen LogP contribution in [0.5, 0.6) is 5.75 Å². The first-order valence-electron chi connectivity index (χ1n) is 5.61. The molecule has 0 aliphatic heterocycles. The number of nitrogens with one attached hydrogen (secondary N) is 1. The molecule has 1 rings (SSSR count). The van der Waals surface area contributed by atoms with Crippen LogP contribution in [-0.2, 0) is 0 Å². The van der Waals surface area contributed by atoms with Gasteiger partial charge in [0.15, 0.2) is 0 Å². The molecule has 0 saturated carbocycles. The fourth-order valence-electron chi connectivity index (χ4n) is 1.51. The van der Waals surface area contributed by atoms with E-state index in [4.69, 9.17) is 10.6 Å². The topological polar surface area (TPSA) is 47.3 Å². The Hall–Kier alpha value is -1.32. The summed E-state index contributed by atoms with van der Waals surface area (Å²) in [6.07, 6.45) is 3.66. The normalized spacial score (nSPS) is 12.1. The molecule has 1 aromatic rings. The molecule has 0 aromatic heterocycles. The van der Waals surface area contributed by atoms with Crippen LogP contribution >= 0.6 is 0 Å². The van der Waals surface area contributed by atoms with E-state index < -0.39 is 0 Å². The van der Waals surface area contributed by atoms with Gasteiger partial charge in [0.05, 0.1) is 6.61 Å². The van der Waals surface area contributed by atoms with Crippen LogP contribution in [0.4, 0.5) is 0 Å². The van der Waals surface area contributed by atoms with Gasteiger partial charge in [-0.2, -0.15) is 0 Å². The lowest BCUT2D eigenvalue weighted by molar-refractivity contribution is 0.316. The molecule has 0 bridgehead atoms. The molecule has 0 aliphatic carbocycles. The van der Waals surface area contributed by atoms with Gasteiger partial charge >= 0.3 is 0 Å². The van der Waals surface area contributed by atoms with Crippen LogP contribution in [0.2, 0.25) is 0 Å². The van der Waals surface area contributed by atoms with Crippen molar-refractivity contribution in [1.29, 1.82) is 0 Å². The van der Waals surface area contributed by atoms with Crippen molar-refractivity contribution >= 4 is 0 Å². The Morgan fingerprint density at radius 1 is 1.56 bits per heavy atom. The summed E-state index contributed by atoms with van der Waals surface area (Å²) in [6.45, 7) is 6.55. The van der Waals surface area contributed by atoms with Crippen molar-refractivity contribution in [2.24, 2.45) is 5.84 Å². The minimum absolute atomic E-state index is 0.0997. The summed E-state index contributed by atoms with van der Waals surface area (Å²) in [4.78, 5) is 0. The maximum Gasteiger partial charge on any atom is 0.119 e. The standard InChI is InChI=1S/C13H20N2O/c1-3-6-13(15-14)11-7-5-8-12(10-11)16-9-4-2/h3,5,7-8,10,13,15H,1,4,6,9,14H2,2H3. The van der Waals surface area contributed by atoms with Gasteiger partial charge in [-0.15, -0.1) is 6.58 Å². The first-order valence-corrected chi connectivity index (χ1v) is 5.61. The molecule has 3 heteroatoms. The van der Waals surface area contributed by atoms with Crippen LogP contribution < -0.4 is 16.0 Å². The maximum atomic E-state index is 5.57. The molecule has 1 atom stereocenters. The number of ether oxygens (including phenoxy) is 1. The monoisotopic (exact) mass is 220 g/mol. The van der Waals surface area contributed by atoms with E-state index in [9.17, 15) is 0 Å². The first-order chi connectivity index (χ1) is 7.81. The zero-order valence-corrected chi connectivity index (χ0v) is 9.78. The van der Waals surface area contributed by atoms with Gasteiger partial charge in [-0.1, -0.05) is 25.1 Å². The summed E-state index contributed by atoms with van der Waals surface area (Å²) in [5.41, 5.74) is 3.90. The molecule has 0 aliphatic rings. The van der Waals surface area contributed by atoms with Crippen molar-refractivity contribution in [3.05, 3.63) is 42.5 Å². The average molecular weight is 220 g/mol. The van der Waals surface area contributed by atoms with Crippen molar-refractivity contribution in [2.75, 3.05) is 6.61 Å². The van der Waals surface area contributed by atoms with Gasteiger partial charge in [0, 0.05) is 6.04 Å². The van der Waals surface area contributed by atoms with E-state index in [2.05, 4.69) is 18.9 Å². The Bertz CT molecular complexity index is 325. The Morgan fingerprint density at radius 3 is 3.00 bits per heavy atom. The lowest BCUT2D eigenvalue weighted by Gasteiger charge is -2.15. The SMILES string of the molecule is C=CCC(NN)c1cccc(OCCC)c1. The summed E-state index contributed by atoms with van der Waals surface area (Å²) in [6, 6.07) is 8.09. The molecular formula is C13H20N2O. The van der Waals surface area contributed by atoms with E-state index in [1.54, 1.807) is 0 Å². The Kier molecular flexibility index (Phi) is 5.61. The highest BCUT2D eigenvalue weighted by atomic mass is 16.5. The van der Waals surface area contributed by atoms with Gasteiger partial charge in [-0.25, -0.2) is 0 Å². The molecule has 16 heavy (non-hydrogen) atoms. The molecule has 0 heterocycles. The third kappa shape index (κ3) is 3.68. The van der Waals surface area contributed by atoms with Gasteiger partial charge in [-0.3, -0.25) is 11.3 Å². The van der Waals surface area contributed by atoms with Crippen molar-refractivity contribution in [2.45, 2.75) is 25.8 Å². The summed E-state index contributed by atoms with van der Waals surface area (Å²) in [5, 5.41) is 0. The molecule has 0 saturated heterocycles. The Morgan fingerprint density at radius 2 is 2.38 bits per heavy atom. The zero-order valence-electron chi connectivity index (χ0n) is 9.78. The predicted octanol–water partition coefficient (Wildman–Crippen LogP) is 2.56. The zero-order chi connectivity index (χ0) is 11.8. The first kappa shape index (κ1) is 12.7. The fraction of sp³-hybridized carbons (Fsp3) is 0.385. The average Bonchev–Trinajstić information content (AvgIpc) is 2.33. The number of rotatable bonds is 7. The molecule has 88 valence electrons. The molecule has 0 radical (unpaired) electrons. The molecule has 1 unspecified atom stereocenters. The number of hydrogen-bond donors (Lipinski definition) is 2. The Balaban J connectivity index is 2.74. The van der Waals surface area contributed by atoms with Crippen molar-refractivity contribution in [1.82, 2.24) is 5.43 Å². The molecule has 3 nitrogen and oxygen atoms in total. The fourth-order valence-corrected chi connectivity index (χ4v) is 1.51. The molecule has 0 fully saturated rings. The summed E-state index contributed by atoms with van der Waals surface area (Å²) in [5.74, 6) is 6.39. The van der Waals surface area contributed by atoms with E-state index in [-0.39, 0.29) is 6.04 Å². The van der Waals surface area contributed by atoms with E-state index in [0.29, 0.717) is 0 Å². The van der Waals surface area contributed by atoms with Gasteiger partial charge < -0.3 is 4.74 Å². The van der Waals surface area contributed by atoms with E-state index in [0.717, 1.165) is 30.8 Å². The third-order valence-corrected chi connectivity index (χ3v) is 2.34. The highest BCUT2D eigenvalue weighted by molar-refractivity contribution is 5.30. The van der Waals surface area contributed by atoms with Crippen LogP contribution in [-0.4, -0.2) is 6.61 Å². The lowest BCUT2D eigenvalue weighted by atomic mass is 10.0. The van der Waals surface area contributed by atoms with Gasteiger partial charge in [-0.05, 0) is 30.5 Å². The highest BCUT2D eigenvalue weighted by Gasteiger charge is 2.08. The second-order valence-corrected chi connectivity index (χ2v) is 3.66. The van der Waals surface area contributed by atoms with Crippen molar-refractivity contribution in [3.63, 3.8) is 0 Å². The number of nitrogens with two attached hydrogens (primary N) is 1. The van der Waals surface area contributed by atoms with Crippen LogP contribution in [0.25, 0.3) is 0 Å². The predicted molar refractivity (Wildman–Crippen MR) is 67.1 cm³/mol. The number of hydrazine groups is 1. The van der Waals surface area contributed by atoms with Gasteiger partial charge in [0.1, 0.15) is 5.75 Å². The summed E-state index contributed by atoms with van der Waals surface area (Å²) < 4.78 is 5.57.